The van der Waals surface area contributed by atoms with Gasteiger partial charge in [-0.3, -0.25) is 0 Å². The van der Waals surface area contributed by atoms with Gasteiger partial charge in [-0.25, -0.2) is 4.79 Å². The molecule has 4 heteroatoms. The third-order valence-electron chi connectivity index (χ3n) is 1.95. The summed E-state index contributed by atoms with van der Waals surface area (Å²) in [6.07, 6.45) is 0. The molecule has 0 atom stereocenters. The molecule has 0 saturated carbocycles. The smallest absolute Gasteiger partial charge is 0.347 e. The monoisotopic (exact) mass is 192 g/mol. The van der Waals surface area contributed by atoms with Gasteiger partial charge >= 0.3 is 5.63 Å². The first kappa shape index (κ1) is 8.62. The minimum atomic E-state index is -0.600. The van der Waals surface area contributed by atoms with E-state index < -0.39 is 5.63 Å². The number of benzene rings is 1. The number of phenols is 2. The molecule has 0 aliphatic heterocycles. The van der Waals surface area contributed by atoms with Crippen LogP contribution in [0.3, 0.4) is 0 Å². The topological polar surface area (TPSA) is 70.7 Å². The van der Waals surface area contributed by atoms with Crippen LogP contribution in [-0.4, -0.2) is 10.2 Å². The van der Waals surface area contributed by atoms with Crippen molar-refractivity contribution in [3.63, 3.8) is 0 Å². The molecule has 0 aliphatic carbocycles. The number of hydrogen-bond acceptors (Lipinski definition) is 4. The average molecular weight is 192 g/mol. The minimum absolute atomic E-state index is 0.0833. The lowest BCUT2D eigenvalue weighted by Gasteiger charge is -2.01. The second-order valence-electron chi connectivity index (χ2n) is 3.07. The number of aryl methyl sites for hydroxylation is 1. The molecule has 0 unspecified atom stereocenters. The van der Waals surface area contributed by atoms with Crippen molar-refractivity contribution in [2.45, 2.75) is 6.92 Å². The van der Waals surface area contributed by atoms with Crippen molar-refractivity contribution in [1.82, 2.24) is 0 Å². The molecular weight excluding hydrogens is 184 g/mol. The van der Waals surface area contributed by atoms with Crippen molar-refractivity contribution >= 4 is 10.8 Å². The maximum Gasteiger partial charge on any atom is 0.347 e. The van der Waals surface area contributed by atoms with E-state index in [0.29, 0.717) is 11.1 Å². The summed E-state index contributed by atoms with van der Waals surface area (Å²) in [6.45, 7) is 1.63. The summed E-state index contributed by atoms with van der Waals surface area (Å²) in [5.41, 5.74) is -0.600. The highest BCUT2D eigenvalue weighted by molar-refractivity contribution is 5.88. The van der Waals surface area contributed by atoms with Gasteiger partial charge in [-0.2, -0.15) is 0 Å². The van der Waals surface area contributed by atoms with Gasteiger partial charge in [0.05, 0.1) is 0 Å². The molecule has 1 heterocycles. The van der Waals surface area contributed by atoms with Crippen molar-refractivity contribution in [1.29, 1.82) is 0 Å². The van der Waals surface area contributed by atoms with Crippen LogP contribution >= 0.6 is 0 Å². The molecule has 0 fully saturated rings. The zero-order chi connectivity index (χ0) is 10.3. The van der Waals surface area contributed by atoms with Crippen LogP contribution in [0.5, 0.6) is 11.5 Å². The van der Waals surface area contributed by atoms with E-state index >= 15 is 0 Å². The molecule has 0 radical (unpaired) electrons. The highest BCUT2D eigenvalue weighted by Crippen LogP contribution is 2.27. The van der Waals surface area contributed by atoms with Gasteiger partial charge in [0.2, 0.25) is 0 Å². The van der Waals surface area contributed by atoms with Crippen LogP contribution in [0.2, 0.25) is 0 Å². The Morgan fingerprint density at radius 2 is 1.93 bits per heavy atom. The number of aromatic hydroxyl groups is 2. The van der Waals surface area contributed by atoms with Crippen LogP contribution < -0.4 is 5.63 Å². The third kappa shape index (κ3) is 1.21. The van der Waals surface area contributed by atoms with Crippen LogP contribution in [0.15, 0.2) is 27.4 Å². The van der Waals surface area contributed by atoms with E-state index in [2.05, 4.69) is 0 Å². The first-order valence-electron chi connectivity index (χ1n) is 4.04. The van der Waals surface area contributed by atoms with E-state index in [1.807, 2.05) is 0 Å². The van der Waals surface area contributed by atoms with Gasteiger partial charge in [0.25, 0.3) is 0 Å². The fraction of sp³-hybridized carbons (Fsp3) is 0.100. The van der Waals surface area contributed by atoms with Gasteiger partial charge in [0.1, 0.15) is 22.6 Å². The van der Waals surface area contributed by atoms with Gasteiger partial charge in [-0.05, 0) is 24.4 Å². The fourth-order valence-corrected chi connectivity index (χ4v) is 1.42. The first-order valence-corrected chi connectivity index (χ1v) is 4.04. The van der Waals surface area contributed by atoms with Crippen LogP contribution in [0.25, 0.3) is 10.8 Å². The Balaban J connectivity index is 3.02. The summed E-state index contributed by atoms with van der Waals surface area (Å²) in [5, 5.41) is 19.2. The van der Waals surface area contributed by atoms with Crippen molar-refractivity contribution in [3.8, 4) is 11.5 Å². The summed E-state index contributed by atoms with van der Waals surface area (Å²) in [6, 6.07) is 4.09. The van der Waals surface area contributed by atoms with E-state index in [-0.39, 0.29) is 16.9 Å². The normalized spacial score (nSPS) is 10.6. The molecule has 2 rings (SSSR count). The highest BCUT2D eigenvalue weighted by atomic mass is 16.4. The van der Waals surface area contributed by atoms with E-state index in [9.17, 15) is 15.0 Å². The molecule has 0 bridgehead atoms. The molecule has 14 heavy (non-hydrogen) atoms. The maximum atomic E-state index is 11.3. The molecule has 0 saturated heterocycles. The van der Waals surface area contributed by atoms with Gasteiger partial charge in [0.15, 0.2) is 0 Å². The largest absolute Gasteiger partial charge is 0.508 e. The van der Waals surface area contributed by atoms with E-state index in [1.165, 1.54) is 6.07 Å². The Morgan fingerprint density at radius 3 is 2.64 bits per heavy atom. The predicted molar refractivity (Wildman–Crippen MR) is 50.6 cm³/mol. The minimum Gasteiger partial charge on any atom is -0.508 e. The van der Waals surface area contributed by atoms with Crippen LogP contribution in [0.1, 0.15) is 5.76 Å². The van der Waals surface area contributed by atoms with Gasteiger partial charge in [-0.1, -0.05) is 0 Å². The van der Waals surface area contributed by atoms with E-state index in [0.717, 1.165) is 6.07 Å². The molecule has 1 aromatic carbocycles. The van der Waals surface area contributed by atoms with Crippen LogP contribution in [0, 0.1) is 6.92 Å². The van der Waals surface area contributed by atoms with Crippen LogP contribution in [-0.2, 0) is 0 Å². The number of rotatable bonds is 0. The Bertz CT molecular complexity index is 549. The zero-order valence-corrected chi connectivity index (χ0v) is 7.44. The third-order valence-corrected chi connectivity index (χ3v) is 1.95. The lowest BCUT2D eigenvalue weighted by atomic mass is 10.1. The fourth-order valence-electron chi connectivity index (χ4n) is 1.42. The summed E-state index contributed by atoms with van der Waals surface area (Å²) in [5.74, 6) is 0.0845. The second kappa shape index (κ2) is 2.77. The first-order chi connectivity index (χ1) is 6.58. The Labute approximate surface area is 79.0 Å². The Hall–Kier alpha value is -1.97. The lowest BCUT2D eigenvalue weighted by molar-refractivity contribution is 0.449. The summed E-state index contributed by atoms with van der Waals surface area (Å²) in [4.78, 5) is 11.3. The summed E-state index contributed by atoms with van der Waals surface area (Å²) in [7, 11) is 0. The molecule has 0 spiro atoms. The van der Waals surface area contributed by atoms with Crippen molar-refractivity contribution in [2.75, 3.05) is 0 Å². The molecule has 0 amide bonds. The molecule has 2 aromatic rings. The molecule has 72 valence electrons. The highest BCUT2D eigenvalue weighted by Gasteiger charge is 2.08. The number of fused-ring (bicyclic) bond motifs is 1. The number of phenolic OH excluding ortho intramolecular Hbond substituents is 2. The zero-order valence-electron chi connectivity index (χ0n) is 7.44. The van der Waals surface area contributed by atoms with Gasteiger partial charge in [-0.15, -0.1) is 0 Å². The molecule has 0 aliphatic rings. The molecule has 4 nitrogen and oxygen atoms in total. The predicted octanol–water partition coefficient (Wildman–Crippen LogP) is 1.51. The van der Waals surface area contributed by atoms with Crippen molar-refractivity contribution < 1.29 is 14.6 Å². The van der Waals surface area contributed by atoms with Gasteiger partial charge < -0.3 is 14.6 Å². The summed E-state index contributed by atoms with van der Waals surface area (Å²) < 4.78 is 4.81. The van der Waals surface area contributed by atoms with Crippen molar-refractivity contribution in [3.05, 3.63) is 34.4 Å². The SMILES string of the molecule is Cc1cc2cc(O)cc(O)c2c(=O)o1. The maximum absolute atomic E-state index is 11.3. The molecule has 2 N–H and O–H groups in total. The quantitative estimate of drug-likeness (QED) is 0.663. The van der Waals surface area contributed by atoms with Gasteiger partial charge in [0, 0.05) is 6.07 Å². The standard InChI is InChI=1S/C10H8O4/c1-5-2-6-3-7(11)4-8(12)9(6)10(13)14-5/h2-4,11-12H,1H3. The second-order valence-corrected chi connectivity index (χ2v) is 3.07. The Kier molecular flexibility index (Phi) is 1.70. The summed E-state index contributed by atoms with van der Waals surface area (Å²) >= 11 is 0. The van der Waals surface area contributed by atoms with E-state index in [4.69, 9.17) is 4.42 Å². The molecule has 1 aromatic heterocycles. The Morgan fingerprint density at radius 1 is 1.21 bits per heavy atom. The number of hydrogen-bond donors (Lipinski definition) is 2. The lowest BCUT2D eigenvalue weighted by Crippen LogP contribution is -2.00. The molecular formula is C10H8O4. The van der Waals surface area contributed by atoms with Crippen molar-refractivity contribution in [2.24, 2.45) is 0 Å². The van der Waals surface area contributed by atoms with E-state index in [1.54, 1.807) is 13.0 Å². The van der Waals surface area contributed by atoms with Crippen LogP contribution in [0.4, 0.5) is 0 Å². The average Bonchev–Trinajstić information content (AvgIpc) is 1.99.